The van der Waals surface area contributed by atoms with Crippen molar-refractivity contribution in [3.8, 4) is 0 Å². The summed E-state index contributed by atoms with van der Waals surface area (Å²) < 4.78 is 0. The maximum absolute atomic E-state index is 6.02. The SMILES string of the molecule is CCCCCCC(N)c1cnc(C)cn1. The van der Waals surface area contributed by atoms with E-state index in [9.17, 15) is 0 Å². The fraction of sp³-hybridized carbons (Fsp3) is 0.667. The van der Waals surface area contributed by atoms with Gasteiger partial charge in [-0.05, 0) is 13.3 Å². The van der Waals surface area contributed by atoms with Crippen LogP contribution < -0.4 is 5.73 Å². The molecule has 0 saturated heterocycles. The van der Waals surface area contributed by atoms with Crippen molar-refractivity contribution in [2.75, 3.05) is 0 Å². The highest BCUT2D eigenvalue weighted by atomic mass is 14.8. The molecule has 0 aliphatic rings. The van der Waals surface area contributed by atoms with Gasteiger partial charge in [0.2, 0.25) is 0 Å². The van der Waals surface area contributed by atoms with E-state index < -0.39 is 0 Å². The Kier molecular flexibility index (Phi) is 5.26. The van der Waals surface area contributed by atoms with Crippen LogP contribution >= 0.6 is 0 Å². The molecule has 0 aliphatic carbocycles. The van der Waals surface area contributed by atoms with Gasteiger partial charge < -0.3 is 5.73 Å². The van der Waals surface area contributed by atoms with Gasteiger partial charge in [-0.15, -0.1) is 0 Å². The first-order valence-corrected chi connectivity index (χ1v) is 5.78. The van der Waals surface area contributed by atoms with Crippen molar-refractivity contribution < 1.29 is 0 Å². The fourth-order valence-electron chi connectivity index (χ4n) is 1.53. The van der Waals surface area contributed by atoms with Gasteiger partial charge in [-0.2, -0.15) is 0 Å². The second kappa shape index (κ2) is 6.51. The third kappa shape index (κ3) is 4.38. The lowest BCUT2D eigenvalue weighted by Gasteiger charge is -2.10. The van der Waals surface area contributed by atoms with Gasteiger partial charge in [0.05, 0.1) is 17.6 Å². The van der Waals surface area contributed by atoms with E-state index in [0.29, 0.717) is 0 Å². The average molecular weight is 207 g/mol. The predicted octanol–water partition coefficient (Wildman–Crippen LogP) is 2.76. The van der Waals surface area contributed by atoms with Crippen LogP contribution in [0, 0.1) is 6.92 Å². The van der Waals surface area contributed by atoms with Gasteiger partial charge in [0.15, 0.2) is 0 Å². The van der Waals surface area contributed by atoms with Gasteiger partial charge >= 0.3 is 0 Å². The summed E-state index contributed by atoms with van der Waals surface area (Å²) in [6.45, 7) is 4.15. The van der Waals surface area contributed by atoms with E-state index in [1.54, 1.807) is 12.4 Å². The molecule has 0 spiro atoms. The van der Waals surface area contributed by atoms with Crippen LogP contribution in [0.4, 0.5) is 0 Å². The van der Waals surface area contributed by atoms with Crippen LogP contribution in [-0.4, -0.2) is 9.97 Å². The smallest absolute Gasteiger partial charge is 0.0754 e. The highest BCUT2D eigenvalue weighted by Crippen LogP contribution is 2.14. The third-order valence-electron chi connectivity index (χ3n) is 2.55. The zero-order chi connectivity index (χ0) is 11.1. The summed E-state index contributed by atoms with van der Waals surface area (Å²) in [6.07, 6.45) is 9.60. The Morgan fingerprint density at radius 3 is 2.60 bits per heavy atom. The van der Waals surface area contributed by atoms with Crippen LogP contribution in [-0.2, 0) is 0 Å². The standard InChI is InChI=1S/C12H21N3/c1-3-4-5-6-7-11(13)12-9-14-10(2)8-15-12/h8-9,11H,3-7,13H2,1-2H3. The topological polar surface area (TPSA) is 51.8 Å². The predicted molar refractivity (Wildman–Crippen MR) is 62.5 cm³/mol. The third-order valence-corrected chi connectivity index (χ3v) is 2.55. The Bertz CT molecular complexity index is 269. The molecule has 0 saturated carbocycles. The number of nitrogens with zero attached hydrogens (tertiary/aromatic N) is 2. The Balaban J connectivity index is 2.33. The summed E-state index contributed by atoms with van der Waals surface area (Å²) in [5.74, 6) is 0. The Morgan fingerprint density at radius 2 is 2.00 bits per heavy atom. The maximum atomic E-state index is 6.02. The number of rotatable bonds is 6. The molecule has 0 radical (unpaired) electrons. The first kappa shape index (κ1) is 12.1. The molecule has 1 unspecified atom stereocenters. The molecular weight excluding hydrogens is 186 g/mol. The molecule has 0 amide bonds. The molecule has 3 nitrogen and oxygen atoms in total. The van der Waals surface area contributed by atoms with Crippen molar-refractivity contribution in [1.29, 1.82) is 0 Å². The van der Waals surface area contributed by atoms with Crippen LogP contribution in [0.1, 0.15) is 56.5 Å². The molecule has 15 heavy (non-hydrogen) atoms. The van der Waals surface area contributed by atoms with E-state index in [-0.39, 0.29) is 6.04 Å². The minimum absolute atomic E-state index is 0.0509. The van der Waals surface area contributed by atoms with Crippen LogP contribution in [0.15, 0.2) is 12.4 Å². The van der Waals surface area contributed by atoms with Crippen LogP contribution in [0.3, 0.4) is 0 Å². The fourth-order valence-corrected chi connectivity index (χ4v) is 1.53. The van der Waals surface area contributed by atoms with Crippen molar-refractivity contribution >= 4 is 0 Å². The zero-order valence-corrected chi connectivity index (χ0v) is 9.74. The lowest BCUT2D eigenvalue weighted by atomic mass is 10.1. The summed E-state index contributed by atoms with van der Waals surface area (Å²) in [5.41, 5.74) is 7.88. The van der Waals surface area contributed by atoms with Crippen molar-refractivity contribution in [2.24, 2.45) is 5.73 Å². The van der Waals surface area contributed by atoms with Crippen molar-refractivity contribution in [3.63, 3.8) is 0 Å². The molecule has 0 fully saturated rings. The van der Waals surface area contributed by atoms with E-state index in [2.05, 4.69) is 16.9 Å². The first-order chi connectivity index (χ1) is 7.24. The molecule has 0 aliphatic heterocycles. The largest absolute Gasteiger partial charge is 0.323 e. The summed E-state index contributed by atoms with van der Waals surface area (Å²) in [7, 11) is 0. The lowest BCUT2D eigenvalue weighted by molar-refractivity contribution is 0.555. The Hall–Kier alpha value is -0.960. The monoisotopic (exact) mass is 207 g/mol. The van der Waals surface area contributed by atoms with E-state index in [1.165, 1.54) is 25.7 Å². The van der Waals surface area contributed by atoms with E-state index in [0.717, 1.165) is 17.8 Å². The van der Waals surface area contributed by atoms with Gasteiger partial charge in [-0.3, -0.25) is 9.97 Å². The lowest BCUT2D eigenvalue weighted by Crippen LogP contribution is -2.12. The number of unbranched alkanes of at least 4 members (excludes halogenated alkanes) is 3. The van der Waals surface area contributed by atoms with Gasteiger partial charge in [0.1, 0.15) is 0 Å². The molecule has 1 atom stereocenters. The van der Waals surface area contributed by atoms with Crippen molar-refractivity contribution in [3.05, 3.63) is 23.8 Å². The number of hydrogen-bond donors (Lipinski definition) is 1. The number of nitrogens with two attached hydrogens (primary N) is 1. The minimum atomic E-state index is 0.0509. The highest BCUT2D eigenvalue weighted by Gasteiger charge is 2.06. The van der Waals surface area contributed by atoms with Gasteiger partial charge in [0.25, 0.3) is 0 Å². The van der Waals surface area contributed by atoms with Crippen LogP contribution in [0.2, 0.25) is 0 Å². The molecule has 1 aromatic heterocycles. The quantitative estimate of drug-likeness (QED) is 0.730. The average Bonchev–Trinajstić information content (AvgIpc) is 2.25. The highest BCUT2D eigenvalue weighted by molar-refractivity contribution is 5.04. The van der Waals surface area contributed by atoms with Gasteiger partial charge in [0, 0.05) is 12.2 Å². The normalized spacial score (nSPS) is 12.7. The number of aromatic nitrogens is 2. The molecule has 0 aromatic carbocycles. The maximum Gasteiger partial charge on any atom is 0.0754 e. The molecule has 2 N–H and O–H groups in total. The Morgan fingerprint density at radius 1 is 1.20 bits per heavy atom. The summed E-state index contributed by atoms with van der Waals surface area (Å²) in [6, 6.07) is 0.0509. The van der Waals surface area contributed by atoms with Crippen molar-refractivity contribution in [2.45, 2.75) is 52.0 Å². The van der Waals surface area contributed by atoms with E-state index in [1.807, 2.05) is 6.92 Å². The second-order valence-corrected chi connectivity index (χ2v) is 4.04. The van der Waals surface area contributed by atoms with Gasteiger partial charge in [-0.25, -0.2) is 0 Å². The minimum Gasteiger partial charge on any atom is -0.323 e. The molecule has 1 heterocycles. The molecule has 84 valence electrons. The van der Waals surface area contributed by atoms with E-state index >= 15 is 0 Å². The first-order valence-electron chi connectivity index (χ1n) is 5.78. The summed E-state index contributed by atoms with van der Waals surface area (Å²) in [4.78, 5) is 8.49. The molecule has 3 heteroatoms. The van der Waals surface area contributed by atoms with Crippen LogP contribution in [0.5, 0.6) is 0 Å². The van der Waals surface area contributed by atoms with Crippen LogP contribution in [0.25, 0.3) is 0 Å². The molecule has 1 rings (SSSR count). The molecule has 0 bridgehead atoms. The van der Waals surface area contributed by atoms with Gasteiger partial charge in [-0.1, -0.05) is 32.6 Å². The van der Waals surface area contributed by atoms with Crippen molar-refractivity contribution in [1.82, 2.24) is 9.97 Å². The summed E-state index contributed by atoms with van der Waals surface area (Å²) in [5, 5.41) is 0. The number of hydrogen-bond acceptors (Lipinski definition) is 3. The summed E-state index contributed by atoms with van der Waals surface area (Å²) >= 11 is 0. The molecule has 1 aromatic rings. The Labute approximate surface area is 92.1 Å². The second-order valence-electron chi connectivity index (χ2n) is 4.04. The zero-order valence-electron chi connectivity index (χ0n) is 9.74. The number of aryl methyl sites for hydroxylation is 1. The molecular formula is C12H21N3. The van der Waals surface area contributed by atoms with E-state index in [4.69, 9.17) is 5.73 Å².